The lowest BCUT2D eigenvalue weighted by molar-refractivity contribution is -0.141. The van der Waals surface area contributed by atoms with E-state index in [4.69, 9.17) is 5.11 Å². The van der Waals surface area contributed by atoms with Crippen molar-refractivity contribution in [1.29, 1.82) is 0 Å². The van der Waals surface area contributed by atoms with Crippen LogP contribution in [0.1, 0.15) is 32.6 Å². The van der Waals surface area contributed by atoms with E-state index in [0.29, 0.717) is 13.0 Å². The van der Waals surface area contributed by atoms with E-state index < -0.39 is 5.97 Å². The molecule has 0 aliphatic rings. The predicted molar refractivity (Wildman–Crippen MR) is 60.3 cm³/mol. The van der Waals surface area contributed by atoms with Gasteiger partial charge in [-0.2, -0.15) is 0 Å². The lowest BCUT2D eigenvalue weighted by Gasteiger charge is -2.08. The van der Waals surface area contributed by atoms with Crippen LogP contribution < -0.4 is 5.32 Å². The van der Waals surface area contributed by atoms with Gasteiger partial charge in [0.25, 0.3) is 0 Å². The Morgan fingerprint density at radius 2 is 1.94 bits per heavy atom. The minimum atomic E-state index is -0.906. The number of carbonyl (C=O) groups is 3. The van der Waals surface area contributed by atoms with Crippen molar-refractivity contribution < 1.29 is 24.2 Å². The Morgan fingerprint density at radius 1 is 1.29 bits per heavy atom. The zero-order chi connectivity index (χ0) is 13.3. The third-order valence-electron chi connectivity index (χ3n) is 2.16. The quantitative estimate of drug-likeness (QED) is 0.481. The highest BCUT2D eigenvalue weighted by Gasteiger charge is 2.12. The van der Waals surface area contributed by atoms with Crippen LogP contribution in [-0.4, -0.2) is 36.6 Å². The van der Waals surface area contributed by atoms with Crippen LogP contribution in [-0.2, 0) is 19.1 Å². The zero-order valence-electron chi connectivity index (χ0n) is 10.2. The van der Waals surface area contributed by atoms with E-state index in [0.717, 1.165) is 0 Å². The van der Waals surface area contributed by atoms with E-state index in [2.05, 4.69) is 10.1 Å². The number of carboxylic acid groups (broad SMARTS) is 1. The molecule has 0 spiro atoms. The molecule has 0 radical (unpaired) electrons. The smallest absolute Gasteiger partial charge is 0.305 e. The van der Waals surface area contributed by atoms with Crippen LogP contribution in [0.4, 0.5) is 0 Å². The Kier molecular flexibility index (Phi) is 7.75. The van der Waals surface area contributed by atoms with Gasteiger partial charge in [-0.15, -0.1) is 0 Å². The summed E-state index contributed by atoms with van der Waals surface area (Å²) in [5.74, 6) is -1.59. The number of nitrogens with one attached hydrogen (secondary N) is 1. The molecule has 0 rings (SSSR count). The van der Waals surface area contributed by atoms with Crippen molar-refractivity contribution in [1.82, 2.24) is 5.32 Å². The Bertz CT molecular complexity index is 277. The summed E-state index contributed by atoms with van der Waals surface area (Å²) in [6.45, 7) is 2.11. The number of rotatable bonds is 8. The molecule has 1 unspecified atom stereocenters. The number of hydrogen-bond donors (Lipinski definition) is 2. The molecule has 17 heavy (non-hydrogen) atoms. The van der Waals surface area contributed by atoms with Gasteiger partial charge in [0.1, 0.15) is 0 Å². The number of aliphatic carboxylic acids is 1. The molecule has 1 atom stereocenters. The monoisotopic (exact) mass is 245 g/mol. The summed E-state index contributed by atoms with van der Waals surface area (Å²) in [6, 6.07) is 0. The van der Waals surface area contributed by atoms with Crippen molar-refractivity contribution in [3.05, 3.63) is 0 Å². The molecule has 0 fully saturated rings. The molecule has 0 aromatic rings. The maximum Gasteiger partial charge on any atom is 0.305 e. The highest BCUT2D eigenvalue weighted by atomic mass is 16.5. The van der Waals surface area contributed by atoms with Crippen LogP contribution in [0.3, 0.4) is 0 Å². The van der Waals surface area contributed by atoms with Crippen molar-refractivity contribution in [2.75, 3.05) is 13.7 Å². The lowest BCUT2D eigenvalue weighted by Crippen LogP contribution is -2.27. The van der Waals surface area contributed by atoms with Gasteiger partial charge >= 0.3 is 11.9 Å². The molecule has 6 nitrogen and oxygen atoms in total. The second-order valence-corrected chi connectivity index (χ2v) is 3.94. The lowest BCUT2D eigenvalue weighted by atomic mass is 10.0. The first-order valence-corrected chi connectivity index (χ1v) is 5.51. The van der Waals surface area contributed by atoms with Gasteiger partial charge in [0.05, 0.1) is 7.11 Å². The number of esters is 1. The Hall–Kier alpha value is -1.59. The van der Waals surface area contributed by atoms with Gasteiger partial charge in [0.15, 0.2) is 0 Å². The molecule has 6 heteroatoms. The fraction of sp³-hybridized carbons (Fsp3) is 0.727. The number of hydrogen-bond acceptors (Lipinski definition) is 4. The topological polar surface area (TPSA) is 92.7 Å². The largest absolute Gasteiger partial charge is 0.481 e. The molecule has 98 valence electrons. The number of methoxy groups -OCH3 is 1. The van der Waals surface area contributed by atoms with Crippen LogP contribution in [0, 0.1) is 5.92 Å². The highest BCUT2D eigenvalue weighted by Crippen LogP contribution is 2.06. The normalized spacial score (nSPS) is 11.6. The molecule has 0 aromatic carbocycles. The molecule has 1 amide bonds. The predicted octanol–water partition coefficient (Wildman–Crippen LogP) is 0.557. The third kappa shape index (κ3) is 9.35. The van der Waals surface area contributed by atoms with Crippen molar-refractivity contribution in [3.63, 3.8) is 0 Å². The Balaban J connectivity index is 3.59. The summed E-state index contributed by atoms with van der Waals surface area (Å²) in [4.78, 5) is 32.5. The molecule has 0 saturated heterocycles. The molecule has 0 aliphatic carbocycles. The fourth-order valence-corrected chi connectivity index (χ4v) is 1.32. The first-order valence-electron chi connectivity index (χ1n) is 5.51. The molecular formula is C11H19NO5. The number of amides is 1. The minimum Gasteiger partial charge on any atom is -0.481 e. The number of carboxylic acids is 1. The average molecular weight is 245 g/mol. The van der Waals surface area contributed by atoms with E-state index >= 15 is 0 Å². The van der Waals surface area contributed by atoms with E-state index in [9.17, 15) is 14.4 Å². The summed E-state index contributed by atoms with van der Waals surface area (Å²) in [5, 5.41) is 11.1. The van der Waals surface area contributed by atoms with E-state index in [1.54, 1.807) is 6.92 Å². The van der Waals surface area contributed by atoms with Crippen LogP contribution in [0.2, 0.25) is 0 Å². The molecule has 2 N–H and O–H groups in total. The summed E-state index contributed by atoms with van der Waals surface area (Å²) in [6.07, 6.45) is 0.952. The van der Waals surface area contributed by atoms with Crippen molar-refractivity contribution >= 4 is 17.8 Å². The third-order valence-corrected chi connectivity index (χ3v) is 2.16. The van der Waals surface area contributed by atoms with Gasteiger partial charge in [0, 0.05) is 25.8 Å². The molecule has 0 heterocycles. The highest BCUT2D eigenvalue weighted by molar-refractivity contribution is 5.77. The van der Waals surface area contributed by atoms with Gasteiger partial charge in [-0.3, -0.25) is 14.4 Å². The van der Waals surface area contributed by atoms with Gasteiger partial charge in [-0.05, 0) is 12.3 Å². The molecule has 0 saturated carbocycles. The molecule has 0 aliphatic heterocycles. The van der Waals surface area contributed by atoms with Crippen molar-refractivity contribution in [3.8, 4) is 0 Å². The fourth-order valence-electron chi connectivity index (χ4n) is 1.32. The van der Waals surface area contributed by atoms with Gasteiger partial charge in [-0.1, -0.05) is 6.92 Å². The van der Waals surface area contributed by atoms with Gasteiger partial charge < -0.3 is 15.2 Å². The second-order valence-electron chi connectivity index (χ2n) is 3.94. The summed E-state index contributed by atoms with van der Waals surface area (Å²) >= 11 is 0. The van der Waals surface area contributed by atoms with Crippen molar-refractivity contribution in [2.24, 2.45) is 5.92 Å². The summed E-state index contributed by atoms with van der Waals surface area (Å²) in [5.41, 5.74) is 0. The number of ether oxygens (including phenoxy) is 1. The van der Waals surface area contributed by atoms with Crippen LogP contribution in [0.25, 0.3) is 0 Å². The first kappa shape index (κ1) is 15.4. The first-order chi connectivity index (χ1) is 7.95. The van der Waals surface area contributed by atoms with E-state index in [-0.39, 0.29) is 37.1 Å². The molecule has 0 aromatic heterocycles. The SMILES string of the molecule is COC(=O)CCCNC(=O)CC(C)CC(=O)O. The minimum absolute atomic E-state index is 0.0183. The molecule has 0 bridgehead atoms. The van der Waals surface area contributed by atoms with Gasteiger partial charge in [-0.25, -0.2) is 0 Å². The van der Waals surface area contributed by atoms with Crippen molar-refractivity contribution in [2.45, 2.75) is 32.6 Å². The zero-order valence-corrected chi connectivity index (χ0v) is 10.2. The van der Waals surface area contributed by atoms with E-state index in [1.807, 2.05) is 0 Å². The second kappa shape index (κ2) is 8.55. The molecular weight excluding hydrogens is 226 g/mol. The summed E-state index contributed by atoms with van der Waals surface area (Å²) in [7, 11) is 1.31. The van der Waals surface area contributed by atoms with Crippen LogP contribution >= 0.6 is 0 Å². The Labute approximate surface area is 100 Å². The Morgan fingerprint density at radius 3 is 2.47 bits per heavy atom. The summed E-state index contributed by atoms with van der Waals surface area (Å²) < 4.78 is 4.45. The van der Waals surface area contributed by atoms with Crippen LogP contribution in [0.15, 0.2) is 0 Å². The van der Waals surface area contributed by atoms with E-state index in [1.165, 1.54) is 7.11 Å². The van der Waals surface area contributed by atoms with Crippen LogP contribution in [0.5, 0.6) is 0 Å². The average Bonchev–Trinajstić information content (AvgIpc) is 2.22. The standard InChI is InChI=1S/C11H19NO5/c1-8(7-10(14)15)6-9(13)12-5-3-4-11(16)17-2/h8H,3-7H2,1-2H3,(H,12,13)(H,14,15). The number of carbonyl (C=O) groups excluding carboxylic acids is 2. The maximum absolute atomic E-state index is 11.3. The van der Waals surface area contributed by atoms with Gasteiger partial charge in [0.2, 0.25) is 5.91 Å². The maximum atomic E-state index is 11.3.